The number of benzene rings is 1. The molecule has 1 aromatic rings. The van der Waals surface area contributed by atoms with Gasteiger partial charge in [0.15, 0.2) is 0 Å². The van der Waals surface area contributed by atoms with Crippen LogP contribution in [0.4, 0.5) is 0 Å². The number of aryl methyl sites for hydroxylation is 1. The highest BCUT2D eigenvalue weighted by Gasteiger charge is 2.31. The summed E-state index contributed by atoms with van der Waals surface area (Å²) >= 11 is 0. The summed E-state index contributed by atoms with van der Waals surface area (Å²) in [6.45, 7) is 2.85. The van der Waals surface area contributed by atoms with Crippen LogP contribution in [0.3, 0.4) is 0 Å². The molecule has 1 N–H and O–H groups in total. The summed E-state index contributed by atoms with van der Waals surface area (Å²) in [5.74, 6) is 0.640. The fraction of sp³-hybridized carbons (Fsp3) is 0.533. The Bertz CT molecular complexity index is 416. The maximum atomic E-state index is 11.4. The second kappa shape index (κ2) is 6.57. The minimum Gasteiger partial charge on any atom is -0.489 e. The average Bonchev–Trinajstić information content (AvgIpc) is 2.89. The zero-order chi connectivity index (χ0) is 13.7. The molecule has 0 amide bonds. The highest BCUT2D eigenvalue weighted by molar-refractivity contribution is 5.76. The van der Waals surface area contributed by atoms with Crippen molar-refractivity contribution in [3.05, 3.63) is 29.8 Å². The van der Waals surface area contributed by atoms with Crippen molar-refractivity contribution in [3.8, 4) is 5.75 Å². The lowest BCUT2D eigenvalue weighted by Crippen LogP contribution is -2.31. The van der Waals surface area contributed by atoms with Crippen LogP contribution in [-0.2, 0) is 16.0 Å². The summed E-state index contributed by atoms with van der Waals surface area (Å²) in [4.78, 5) is 11.4. The third-order valence-electron chi connectivity index (χ3n) is 3.34. The molecule has 1 saturated heterocycles. The molecule has 19 heavy (non-hydrogen) atoms. The SMILES string of the molecule is CCCc1ccc(O[C@H]2CN[C@H](C(=O)OC)C2)cc1. The third-order valence-corrected chi connectivity index (χ3v) is 3.34. The van der Waals surface area contributed by atoms with Crippen LogP contribution < -0.4 is 10.1 Å². The molecule has 0 aromatic heterocycles. The highest BCUT2D eigenvalue weighted by atomic mass is 16.5. The molecule has 1 aromatic carbocycles. The van der Waals surface area contributed by atoms with Gasteiger partial charge in [0.25, 0.3) is 0 Å². The lowest BCUT2D eigenvalue weighted by Gasteiger charge is -2.13. The van der Waals surface area contributed by atoms with Gasteiger partial charge in [-0.05, 0) is 24.1 Å². The molecule has 1 fully saturated rings. The number of rotatable bonds is 5. The maximum absolute atomic E-state index is 11.4. The van der Waals surface area contributed by atoms with Crippen molar-refractivity contribution >= 4 is 5.97 Å². The maximum Gasteiger partial charge on any atom is 0.323 e. The van der Waals surface area contributed by atoms with Gasteiger partial charge in [-0.1, -0.05) is 25.5 Å². The van der Waals surface area contributed by atoms with Gasteiger partial charge in [-0.3, -0.25) is 4.79 Å². The molecule has 1 heterocycles. The zero-order valence-corrected chi connectivity index (χ0v) is 11.5. The minimum absolute atomic E-state index is 0.0288. The predicted octanol–water partition coefficient (Wildman–Crippen LogP) is 1.92. The number of methoxy groups -OCH3 is 1. The summed E-state index contributed by atoms with van der Waals surface area (Å²) in [5.41, 5.74) is 1.33. The van der Waals surface area contributed by atoms with Crippen LogP contribution >= 0.6 is 0 Å². The summed E-state index contributed by atoms with van der Waals surface area (Å²) in [6, 6.07) is 7.94. The molecule has 2 atom stereocenters. The van der Waals surface area contributed by atoms with Crippen molar-refractivity contribution in [2.45, 2.75) is 38.3 Å². The number of nitrogens with one attached hydrogen (secondary N) is 1. The number of carbonyl (C=O) groups excluding carboxylic acids is 1. The quantitative estimate of drug-likeness (QED) is 0.825. The lowest BCUT2D eigenvalue weighted by atomic mass is 10.1. The van der Waals surface area contributed by atoms with Gasteiger partial charge in [0.2, 0.25) is 0 Å². The Morgan fingerprint density at radius 1 is 1.37 bits per heavy atom. The van der Waals surface area contributed by atoms with E-state index in [9.17, 15) is 4.79 Å². The van der Waals surface area contributed by atoms with Crippen LogP contribution in [0.2, 0.25) is 0 Å². The third kappa shape index (κ3) is 3.70. The Kier molecular flexibility index (Phi) is 4.80. The monoisotopic (exact) mass is 263 g/mol. The standard InChI is InChI=1S/C15H21NO3/c1-3-4-11-5-7-12(8-6-11)19-13-9-14(16-10-13)15(17)18-2/h5-8,13-14,16H,3-4,9-10H2,1-2H3/t13-,14+/m1/s1. The Hall–Kier alpha value is -1.55. The molecule has 0 radical (unpaired) electrons. The van der Waals surface area contributed by atoms with E-state index in [1.54, 1.807) is 0 Å². The van der Waals surface area contributed by atoms with Crippen molar-refractivity contribution in [3.63, 3.8) is 0 Å². The fourth-order valence-corrected chi connectivity index (χ4v) is 2.33. The van der Waals surface area contributed by atoms with Crippen molar-refractivity contribution in [1.82, 2.24) is 5.32 Å². The second-order valence-corrected chi connectivity index (χ2v) is 4.85. The number of esters is 1. The van der Waals surface area contributed by atoms with Gasteiger partial charge in [-0.15, -0.1) is 0 Å². The largest absolute Gasteiger partial charge is 0.489 e. The number of hydrogen-bond donors (Lipinski definition) is 1. The summed E-state index contributed by atoms with van der Waals surface area (Å²) in [5, 5.41) is 3.11. The van der Waals surface area contributed by atoms with Gasteiger partial charge in [0.05, 0.1) is 7.11 Å². The predicted molar refractivity (Wildman–Crippen MR) is 73.3 cm³/mol. The van der Waals surface area contributed by atoms with Crippen LogP contribution in [0.15, 0.2) is 24.3 Å². The molecule has 0 saturated carbocycles. The number of hydrogen-bond acceptors (Lipinski definition) is 4. The molecular formula is C15H21NO3. The fourth-order valence-electron chi connectivity index (χ4n) is 2.33. The van der Waals surface area contributed by atoms with Gasteiger partial charge in [0, 0.05) is 13.0 Å². The molecule has 4 heteroatoms. The van der Waals surface area contributed by atoms with Crippen LogP contribution in [0.5, 0.6) is 5.75 Å². The van der Waals surface area contributed by atoms with Crippen molar-refractivity contribution in [2.75, 3.05) is 13.7 Å². The van der Waals surface area contributed by atoms with E-state index in [1.807, 2.05) is 12.1 Å². The minimum atomic E-state index is -0.241. The normalized spacial score (nSPS) is 22.2. The molecule has 104 valence electrons. The number of carbonyl (C=O) groups is 1. The van der Waals surface area contributed by atoms with Gasteiger partial charge >= 0.3 is 5.97 Å². The molecule has 0 bridgehead atoms. The molecule has 0 spiro atoms. The highest BCUT2D eigenvalue weighted by Crippen LogP contribution is 2.19. The summed E-state index contributed by atoms with van der Waals surface area (Å²) < 4.78 is 10.6. The van der Waals surface area contributed by atoms with Gasteiger partial charge in [0.1, 0.15) is 17.9 Å². The van der Waals surface area contributed by atoms with Crippen LogP contribution in [0.25, 0.3) is 0 Å². The van der Waals surface area contributed by atoms with E-state index >= 15 is 0 Å². The molecule has 1 aliphatic heterocycles. The van der Waals surface area contributed by atoms with Gasteiger partial charge < -0.3 is 14.8 Å². The molecular weight excluding hydrogens is 242 g/mol. The first-order valence-corrected chi connectivity index (χ1v) is 6.79. The second-order valence-electron chi connectivity index (χ2n) is 4.85. The Morgan fingerprint density at radius 2 is 2.11 bits per heavy atom. The Morgan fingerprint density at radius 3 is 2.74 bits per heavy atom. The Balaban J connectivity index is 1.86. The van der Waals surface area contributed by atoms with Crippen LogP contribution in [-0.4, -0.2) is 31.8 Å². The molecule has 0 unspecified atom stereocenters. The first kappa shape index (κ1) is 13.9. The van der Waals surface area contributed by atoms with E-state index < -0.39 is 0 Å². The van der Waals surface area contributed by atoms with E-state index in [0.717, 1.165) is 18.6 Å². The van der Waals surface area contributed by atoms with Gasteiger partial charge in [-0.25, -0.2) is 0 Å². The van der Waals surface area contributed by atoms with Crippen LogP contribution in [0, 0.1) is 0 Å². The first-order valence-electron chi connectivity index (χ1n) is 6.79. The molecule has 1 aliphatic rings. The van der Waals surface area contributed by atoms with Crippen molar-refractivity contribution in [2.24, 2.45) is 0 Å². The molecule has 2 rings (SSSR count). The summed E-state index contributed by atoms with van der Waals surface area (Å²) in [6.07, 6.45) is 2.92. The van der Waals surface area contributed by atoms with E-state index in [-0.39, 0.29) is 18.1 Å². The smallest absolute Gasteiger partial charge is 0.323 e. The average molecular weight is 263 g/mol. The van der Waals surface area contributed by atoms with E-state index in [2.05, 4.69) is 24.4 Å². The van der Waals surface area contributed by atoms with Gasteiger partial charge in [-0.2, -0.15) is 0 Å². The number of ether oxygens (including phenoxy) is 2. The molecule has 0 aliphatic carbocycles. The first-order chi connectivity index (χ1) is 9.22. The lowest BCUT2D eigenvalue weighted by molar-refractivity contribution is -0.142. The van der Waals surface area contributed by atoms with E-state index in [0.29, 0.717) is 13.0 Å². The van der Waals surface area contributed by atoms with Crippen LogP contribution in [0.1, 0.15) is 25.3 Å². The van der Waals surface area contributed by atoms with E-state index in [1.165, 1.54) is 12.7 Å². The Labute approximate surface area is 114 Å². The topological polar surface area (TPSA) is 47.6 Å². The molecule has 4 nitrogen and oxygen atoms in total. The van der Waals surface area contributed by atoms with E-state index in [4.69, 9.17) is 9.47 Å². The summed E-state index contributed by atoms with van der Waals surface area (Å²) in [7, 11) is 1.41. The van der Waals surface area contributed by atoms with Crippen molar-refractivity contribution in [1.29, 1.82) is 0 Å². The van der Waals surface area contributed by atoms with Crippen molar-refractivity contribution < 1.29 is 14.3 Å². The zero-order valence-electron chi connectivity index (χ0n) is 11.5.